The summed E-state index contributed by atoms with van der Waals surface area (Å²) in [5.74, 6) is 0.0200. The van der Waals surface area contributed by atoms with Crippen LogP contribution in [0.1, 0.15) is 11.4 Å². The first-order valence-electron chi connectivity index (χ1n) is 4.82. The lowest BCUT2D eigenvalue weighted by atomic mass is 10.2. The van der Waals surface area contributed by atoms with Crippen molar-refractivity contribution in [3.63, 3.8) is 0 Å². The largest absolute Gasteiger partial charge is 0.275 e. The molecule has 8 heteroatoms. The van der Waals surface area contributed by atoms with Crippen LogP contribution in [0, 0.1) is 21.4 Å². The van der Waals surface area contributed by atoms with Gasteiger partial charge in [-0.2, -0.15) is 5.26 Å². The molecule has 0 N–H and O–H groups in total. The SMILES string of the molecule is N#Cc1ncn(Cc2ccc(Cl)cc2[N+](=O)[O-])n1. The van der Waals surface area contributed by atoms with Gasteiger partial charge in [0.2, 0.25) is 0 Å². The molecule has 2 rings (SSSR count). The Kier molecular flexibility index (Phi) is 3.21. The van der Waals surface area contributed by atoms with E-state index in [4.69, 9.17) is 16.9 Å². The van der Waals surface area contributed by atoms with Gasteiger partial charge in [0.1, 0.15) is 12.4 Å². The third-order valence-corrected chi connectivity index (χ3v) is 2.45. The lowest BCUT2D eigenvalue weighted by Crippen LogP contribution is -2.04. The molecule has 0 aliphatic heterocycles. The Morgan fingerprint density at radius 1 is 1.56 bits per heavy atom. The van der Waals surface area contributed by atoms with Crippen LogP contribution in [0.4, 0.5) is 5.69 Å². The third kappa shape index (κ3) is 2.44. The van der Waals surface area contributed by atoms with Crippen LogP contribution in [0.3, 0.4) is 0 Å². The maximum absolute atomic E-state index is 10.9. The summed E-state index contributed by atoms with van der Waals surface area (Å²) in [5, 5.41) is 23.6. The number of nitrogens with zero attached hydrogens (tertiary/aromatic N) is 5. The number of aromatic nitrogens is 3. The molecule has 2 aromatic rings. The third-order valence-electron chi connectivity index (χ3n) is 2.21. The second kappa shape index (κ2) is 4.81. The van der Waals surface area contributed by atoms with Gasteiger partial charge >= 0.3 is 0 Å². The van der Waals surface area contributed by atoms with Crippen molar-refractivity contribution in [2.24, 2.45) is 0 Å². The monoisotopic (exact) mass is 263 g/mol. The molecule has 1 heterocycles. The van der Waals surface area contributed by atoms with Crippen LogP contribution in [0.5, 0.6) is 0 Å². The van der Waals surface area contributed by atoms with E-state index in [2.05, 4.69) is 10.1 Å². The highest BCUT2D eigenvalue weighted by molar-refractivity contribution is 6.30. The first kappa shape index (κ1) is 12.0. The van der Waals surface area contributed by atoms with Crippen molar-refractivity contribution in [2.75, 3.05) is 0 Å². The van der Waals surface area contributed by atoms with E-state index in [1.807, 2.05) is 0 Å². The molecule has 0 aliphatic carbocycles. The van der Waals surface area contributed by atoms with Gasteiger partial charge < -0.3 is 0 Å². The molecule has 0 spiro atoms. The van der Waals surface area contributed by atoms with Crippen molar-refractivity contribution in [1.82, 2.24) is 14.8 Å². The fraction of sp³-hybridized carbons (Fsp3) is 0.100. The van der Waals surface area contributed by atoms with Crippen molar-refractivity contribution in [2.45, 2.75) is 6.54 Å². The number of benzene rings is 1. The quantitative estimate of drug-likeness (QED) is 0.621. The van der Waals surface area contributed by atoms with Gasteiger partial charge in [-0.3, -0.25) is 10.1 Å². The van der Waals surface area contributed by atoms with E-state index in [0.29, 0.717) is 10.6 Å². The summed E-state index contributed by atoms with van der Waals surface area (Å²) >= 11 is 5.71. The molecular weight excluding hydrogens is 258 g/mol. The Morgan fingerprint density at radius 3 is 2.94 bits per heavy atom. The van der Waals surface area contributed by atoms with Gasteiger partial charge in [0.05, 0.1) is 17.0 Å². The van der Waals surface area contributed by atoms with Gasteiger partial charge in [-0.05, 0) is 12.1 Å². The Hall–Kier alpha value is -2.46. The second-order valence-electron chi connectivity index (χ2n) is 3.41. The number of nitriles is 1. The first-order chi connectivity index (χ1) is 8.60. The molecule has 1 aromatic heterocycles. The van der Waals surface area contributed by atoms with Gasteiger partial charge in [0.15, 0.2) is 0 Å². The van der Waals surface area contributed by atoms with Crippen LogP contribution >= 0.6 is 11.6 Å². The van der Waals surface area contributed by atoms with E-state index in [9.17, 15) is 10.1 Å². The van der Waals surface area contributed by atoms with Crippen molar-refractivity contribution in [3.05, 3.63) is 51.1 Å². The van der Waals surface area contributed by atoms with Crippen molar-refractivity contribution in [3.8, 4) is 6.07 Å². The predicted molar refractivity (Wildman–Crippen MR) is 61.9 cm³/mol. The average molecular weight is 264 g/mol. The highest BCUT2D eigenvalue weighted by Gasteiger charge is 2.15. The van der Waals surface area contributed by atoms with E-state index in [1.165, 1.54) is 17.1 Å². The Morgan fingerprint density at radius 2 is 2.33 bits per heavy atom. The van der Waals surface area contributed by atoms with Crippen LogP contribution in [0.2, 0.25) is 5.02 Å². The van der Waals surface area contributed by atoms with E-state index in [0.717, 1.165) is 0 Å². The van der Waals surface area contributed by atoms with E-state index in [-0.39, 0.29) is 18.1 Å². The second-order valence-corrected chi connectivity index (χ2v) is 3.84. The van der Waals surface area contributed by atoms with Crippen LogP contribution < -0.4 is 0 Å². The highest BCUT2D eigenvalue weighted by Crippen LogP contribution is 2.23. The van der Waals surface area contributed by atoms with Gasteiger partial charge in [0.25, 0.3) is 11.5 Å². The number of hydrogen-bond donors (Lipinski definition) is 0. The van der Waals surface area contributed by atoms with Gasteiger partial charge in [0, 0.05) is 11.1 Å². The summed E-state index contributed by atoms with van der Waals surface area (Å²) in [7, 11) is 0. The van der Waals surface area contributed by atoms with Gasteiger partial charge in [-0.25, -0.2) is 9.67 Å². The van der Waals surface area contributed by atoms with E-state index < -0.39 is 4.92 Å². The van der Waals surface area contributed by atoms with Crippen molar-refractivity contribution >= 4 is 17.3 Å². The molecule has 0 radical (unpaired) electrons. The molecule has 0 aliphatic rings. The van der Waals surface area contributed by atoms with Crippen molar-refractivity contribution < 1.29 is 4.92 Å². The summed E-state index contributed by atoms with van der Waals surface area (Å²) in [4.78, 5) is 14.1. The molecule has 0 bridgehead atoms. The molecule has 0 saturated heterocycles. The molecule has 7 nitrogen and oxygen atoms in total. The zero-order chi connectivity index (χ0) is 13.1. The number of hydrogen-bond acceptors (Lipinski definition) is 5. The minimum atomic E-state index is -0.511. The highest BCUT2D eigenvalue weighted by atomic mass is 35.5. The summed E-state index contributed by atoms with van der Waals surface area (Å²) < 4.78 is 1.36. The zero-order valence-corrected chi connectivity index (χ0v) is 9.70. The van der Waals surface area contributed by atoms with Crippen molar-refractivity contribution in [1.29, 1.82) is 5.26 Å². The molecule has 0 saturated carbocycles. The van der Waals surface area contributed by atoms with Crippen LogP contribution in [0.25, 0.3) is 0 Å². The summed E-state index contributed by atoms with van der Waals surface area (Å²) in [6.07, 6.45) is 1.34. The Labute approximate surface area is 106 Å². The molecule has 0 atom stereocenters. The Bertz CT molecular complexity index is 646. The fourth-order valence-corrected chi connectivity index (χ4v) is 1.60. The van der Waals surface area contributed by atoms with Crippen LogP contribution in [0.15, 0.2) is 24.5 Å². The number of nitro benzene ring substituents is 1. The smallest absolute Gasteiger partial charge is 0.258 e. The number of nitro groups is 1. The standard InChI is InChI=1S/C10H6ClN5O2/c11-8-2-1-7(9(3-8)16(17)18)5-15-6-13-10(4-12)14-15/h1-3,6H,5H2. The number of rotatable bonds is 3. The zero-order valence-electron chi connectivity index (χ0n) is 8.95. The molecule has 18 heavy (non-hydrogen) atoms. The molecular formula is C10H6ClN5O2. The normalized spacial score (nSPS) is 10.0. The molecule has 0 fully saturated rings. The van der Waals surface area contributed by atoms with Crippen LogP contribution in [-0.4, -0.2) is 19.7 Å². The minimum Gasteiger partial charge on any atom is -0.258 e. The molecule has 90 valence electrons. The maximum atomic E-state index is 10.9. The lowest BCUT2D eigenvalue weighted by molar-refractivity contribution is -0.385. The topological polar surface area (TPSA) is 97.6 Å². The van der Waals surface area contributed by atoms with Gasteiger partial charge in [-0.1, -0.05) is 11.6 Å². The summed E-state index contributed by atoms with van der Waals surface area (Å²) in [6, 6.07) is 6.17. The predicted octanol–water partition coefficient (Wildman–Crippen LogP) is 1.76. The summed E-state index contributed by atoms with van der Waals surface area (Å²) in [6.45, 7) is 0.155. The lowest BCUT2D eigenvalue weighted by Gasteiger charge is -2.03. The molecule has 0 unspecified atom stereocenters. The summed E-state index contributed by atoms with van der Waals surface area (Å²) in [5.41, 5.74) is 0.357. The van der Waals surface area contributed by atoms with Gasteiger partial charge in [-0.15, -0.1) is 5.10 Å². The minimum absolute atomic E-state index is 0.0200. The van der Waals surface area contributed by atoms with E-state index in [1.54, 1.807) is 18.2 Å². The van der Waals surface area contributed by atoms with E-state index >= 15 is 0 Å². The van der Waals surface area contributed by atoms with Crippen LogP contribution in [-0.2, 0) is 6.54 Å². The molecule has 1 aromatic carbocycles. The first-order valence-corrected chi connectivity index (χ1v) is 5.20. The molecule has 0 amide bonds. The maximum Gasteiger partial charge on any atom is 0.275 e. The Balaban J connectivity index is 2.34. The fourth-order valence-electron chi connectivity index (χ4n) is 1.44. The number of halogens is 1. The average Bonchev–Trinajstić information content (AvgIpc) is 2.79.